The molecular formula is C23H26ClNO5. The molecule has 0 aliphatic carbocycles. The Morgan fingerprint density at radius 1 is 1.23 bits per heavy atom. The van der Waals surface area contributed by atoms with Gasteiger partial charge < -0.3 is 25.0 Å². The van der Waals surface area contributed by atoms with Crippen molar-refractivity contribution in [1.29, 1.82) is 0 Å². The van der Waals surface area contributed by atoms with Crippen LogP contribution in [0.1, 0.15) is 43.1 Å². The highest BCUT2D eigenvalue weighted by molar-refractivity contribution is 6.31. The van der Waals surface area contributed by atoms with Gasteiger partial charge in [0, 0.05) is 11.4 Å². The minimum Gasteiger partial charge on any atom is -0.484 e. The van der Waals surface area contributed by atoms with Crippen molar-refractivity contribution < 1.29 is 24.5 Å². The molecule has 3 unspecified atom stereocenters. The summed E-state index contributed by atoms with van der Waals surface area (Å²) >= 11 is 6.45. The number of nitrogens with one attached hydrogen (secondary N) is 1. The third kappa shape index (κ3) is 4.32. The lowest BCUT2D eigenvalue weighted by atomic mass is 9.93. The standard InChI is InChI=1S/C23H26ClNO5/c1-23(2)12-25-17-8-13(3-6-19(17)30-23)7-15-9-14(4-5-16(15)24)20-10-18(27)22(28)21(11-26)29-20/h3-6,8-9,18,20-21,25-27H,7,10-12H2,1-2H3. The van der Waals surface area contributed by atoms with E-state index >= 15 is 0 Å². The van der Waals surface area contributed by atoms with Crippen LogP contribution in [0.4, 0.5) is 5.69 Å². The molecule has 2 heterocycles. The molecule has 2 aliphatic heterocycles. The lowest BCUT2D eigenvalue weighted by Crippen LogP contribution is -2.43. The maximum Gasteiger partial charge on any atom is 0.192 e. The molecule has 0 amide bonds. The van der Waals surface area contributed by atoms with Gasteiger partial charge in [0.2, 0.25) is 0 Å². The van der Waals surface area contributed by atoms with Gasteiger partial charge >= 0.3 is 0 Å². The van der Waals surface area contributed by atoms with E-state index in [1.165, 1.54) is 0 Å². The summed E-state index contributed by atoms with van der Waals surface area (Å²) in [5.74, 6) is 0.356. The second-order valence-electron chi connectivity index (χ2n) is 8.52. The largest absolute Gasteiger partial charge is 0.484 e. The number of hydrogen-bond donors (Lipinski definition) is 3. The Kier molecular flexibility index (Phi) is 5.77. The second kappa shape index (κ2) is 8.19. The average molecular weight is 432 g/mol. The van der Waals surface area contributed by atoms with Gasteiger partial charge in [0.15, 0.2) is 5.78 Å². The van der Waals surface area contributed by atoms with Gasteiger partial charge in [-0.3, -0.25) is 4.79 Å². The normalized spacial score (nSPS) is 25.2. The highest BCUT2D eigenvalue weighted by atomic mass is 35.5. The molecule has 7 heteroatoms. The molecular weight excluding hydrogens is 406 g/mol. The van der Waals surface area contributed by atoms with Gasteiger partial charge in [-0.05, 0) is 55.2 Å². The first-order valence-electron chi connectivity index (χ1n) is 10.1. The zero-order chi connectivity index (χ0) is 21.5. The van der Waals surface area contributed by atoms with Crippen molar-refractivity contribution in [3.05, 3.63) is 58.1 Å². The molecule has 2 aromatic carbocycles. The van der Waals surface area contributed by atoms with Crippen LogP contribution in [0.2, 0.25) is 5.02 Å². The highest BCUT2D eigenvalue weighted by Gasteiger charge is 2.36. The van der Waals surface area contributed by atoms with E-state index in [2.05, 4.69) is 11.4 Å². The minimum absolute atomic E-state index is 0.159. The van der Waals surface area contributed by atoms with Crippen LogP contribution in [0.15, 0.2) is 36.4 Å². The topological polar surface area (TPSA) is 88.0 Å². The number of Topliss-reactive ketones (excluding diaryl/α,β-unsaturated/α-hetero) is 1. The van der Waals surface area contributed by atoms with Crippen molar-refractivity contribution in [3.63, 3.8) is 0 Å². The van der Waals surface area contributed by atoms with Crippen molar-refractivity contribution in [2.75, 3.05) is 18.5 Å². The number of anilines is 1. The van der Waals surface area contributed by atoms with E-state index in [1.54, 1.807) is 6.07 Å². The summed E-state index contributed by atoms with van der Waals surface area (Å²) in [7, 11) is 0. The number of aliphatic hydroxyl groups excluding tert-OH is 2. The summed E-state index contributed by atoms with van der Waals surface area (Å²) in [5, 5.41) is 23.5. The van der Waals surface area contributed by atoms with Crippen LogP contribution in [-0.2, 0) is 16.0 Å². The molecule has 2 aromatic rings. The highest BCUT2D eigenvalue weighted by Crippen LogP contribution is 2.36. The predicted octanol–water partition coefficient (Wildman–Crippen LogP) is 3.27. The fraction of sp³-hybridized carbons (Fsp3) is 0.435. The van der Waals surface area contributed by atoms with Gasteiger partial charge in [-0.2, -0.15) is 0 Å². The van der Waals surface area contributed by atoms with Crippen LogP contribution in [0.5, 0.6) is 5.75 Å². The first-order chi connectivity index (χ1) is 14.3. The van der Waals surface area contributed by atoms with Gasteiger partial charge in [-0.25, -0.2) is 0 Å². The molecule has 160 valence electrons. The Morgan fingerprint density at radius 2 is 2.03 bits per heavy atom. The summed E-state index contributed by atoms with van der Waals surface area (Å²) in [6.07, 6.45) is -1.86. The average Bonchev–Trinajstić information content (AvgIpc) is 2.71. The van der Waals surface area contributed by atoms with E-state index in [0.29, 0.717) is 11.4 Å². The molecule has 4 rings (SSSR count). The second-order valence-corrected chi connectivity index (χ2v) is 8.93. The predicted molar refractivity (Wildman–Crippen MR) is 114 cm³/mol. The van der Waals surface area contributed by atoms with E-state index in [1.807, 2.05) is 38.1 Å². The Labute approximate surface area is 180 Å². The summed E-state index contributed by atoms with van der Waals surface area (Å²) < 4.78 is 11.7. The molecule has 30 heavy (non-hydrogen) atoms. The Balaban J connectivity index is 1.55. The van der Waals surface area contributed by atoms with Gasteiger partial charge in [0.1, 0.15) is 23.6 Å². The van der Waals surface area contributed by atoms with Crippen molar-refractivity contribution in [3.8, 4) is 5.75 Å². The third-order valence-corrected chi connectivity index (χ3v) is 5.92. The molecule has 0 aromatic heterocycles. The molecule has 0 spiro atoms. The van der Waals surface area contributed by atoms with Gasteiger partial charge in [-0.15, -0.1) is 0 Å². The van der Waals surface area contributed by atoms with Crippen molar-refractivity contribution in [2.24, 2.45) is 0 Å². The van der Waals surface area contributed by atoms with E-state index in [9.17, 15) is 15.0 Å². The first kappa shape index (κ1) is 21.1. The van der Waals surface area contributed by atoms with Crippen molar-refractivity contribution in [1.82, 2.24) is 0 Å². The molecule has 1 fully saturated rings. The molecule has 0 saturated carbocycles. The Hall–Kier alpha value is -2.12. The quantitative estimate of drug-likeness (QED) is 0.688. The van der Waals surface area contributed by atoms with Gasteiger partial charge in [0.25, 0.3) is 0 Å². The zero-order valence-corrected chi connectivity index (χ0v) is 17.8. The van der Waals surface area contributed by atoms with Crippen molar-refractivity contribution in [2.45, 2.75) is 50.6 Å². The molecule has 3 N–H and O–H groups in total. The summed E-state index contributed by atoms with van der Waals surface area (Å²) in [6, 6.07) is 11.6. The molecule has 6 nitrogen and oxygen atoms in total. The summed E-state index contributed by atoms with van der Waals surface area (Å²) in [6.45, 7) is 4.36. The van der Waals surface area contributed by atoms with Crippen LogP contribution in [0.25, 0.3) is 0 Å². The molecule has 0 bridgehead atoms. The minimum atomic E-state index is -1.14. The molecule has 3 atom stereocenters. The maximum atomic E-state index is 11.9. The molecule has 1 saturated heterocycles. The lowest BCUT2D eigenvalue weighted by molar-refractivity contribution is -0.161. The van der Waals surface area contributed by atoms with E-state index in [4.69, 9.17) is 21.1 Å². The Bertz CT molecular complexity index is 961. The van der Waals surface area contributed by atoms with Crippen LogP contribution >= 0.6 is 11.6 Å². The smallest absolute Gasteiger partial charge is 0.192 e. The number of aliphatic hydroxyl groups is 2. The third-order valence-electron chi connectivity index (χ3n) is 5.55. The molecule has 0 radical (unpaired) electrons. The Morgan fingerprint density at radius 3 is 2.80 bits per heavy atom. The summed E-state index contributed by atoms with van der Waals surface area (Å²) in [5.41, 5.74) is 3.53. The lowest BCUT2D eigenvalue weighted by Gasteiger charge is -2.33. The number of ether oxygens (including phenoxy) is 2. The summed E-state index contributed by atoms with van der Waals surface area (Å²) in [4.78, 5) is 11.9. The molecule has 2 aliphatic rings. The van der Waals surface area contributed by atoms with Crippen LogP contribution in [0.3, 0.4) is 0 Å². The van der Waals surface area contributed by atoms with Crippen LogP contribution in [-0.4, -0.2) is 47.0 Å². The number of halogens is 1. The number of hydrogen-bond acceptors (Lipinski definition) is 6. The number of rotatable bonds is 4. The van der Waals surface area contributed by atoms with Gasteiger partial charge in [0.05, 0.1) is 24.9 Å². The van der Waals surface area contributed by atoms with Gasteiger partial charge in [-0.1, -0.05) is 29.8 Å². The number of ketones is 1. The number of carbonyl (C=O) groups is 1. The fourth-order valence-corrected chi connectivity index (χ4v) is 4.09. The van der Waals surface area contributed by atoms with E-state index in [0.717, 1.165) is 34.7 Å². The number of benzene rings is 2. The number of fused-ring (bicyclic) bond motifs is 1. The monoisotopic (exact) mass is 431 g/mol. The van der Waals surface area contributed by atoms with Crippen molar-refractivity contribution >= 4 is 23.1 Å². The number of carbonyl (C=O) groups excluding carboxylic acids is 1. The SMILES string of the molecule is CC1(C)CNc2cc(Cc3cc(C4CC(O)C(=O)C(CO)O4)ccc3Cl)ccc2O1. The van der Waals surface area contributed by atoms with E-state index in [-0.39, 0.29) is 12.0 Å². The van der Waals surface area contributed by atoms with Crippen LogP contribution in [0, 0.1) is 0 Å². The fourth-order valence-electron chi connectivity index (χ4n) is 3.91. The van der Waals surface area contributed by atoms with E-state index < -0.39 is 30.7 Å². The first-order valence-corrected chi connectivity index (χ1v) is 10.5. The zero-order valence-electron chi connectivity index (χ0n) is 17.0. The van der Waals surface area contributed by atoms with Crippen LogP contribution < -0.4 is 10.1 Å². The maximum absolute atomic E-state index is 11.9.